The van der Waals surface area contributed by atoms with Crippen LogP contribution in [0, 0.1) is 0 Å². The molecule has 0 radical (unpaired) electrons. The van der Waals surface area contributed by atoms with E-state index >= 15 is 0 Å². The Kier molecular flexibility index (Phi) is 3.80. The van der Waals surface area contributed by atoms with Crippen LogP contribution in [0.15, 0.2) is 11.0 Å². The number of alkyl halides is 3. The first-order valence-electron chi connectivity index (χ1n) is 5.92. The molecule has 0 spiro atoms. The number of hydrogen-bond donors (Lipinski definition) is 1. The van der Waals surface area contributed by atoms with Crippen molar-refractivity contribution in [3.8, 4) is 0 Å². The van der Waals surface area contributed by atoms with E-state index in [2.05, 4.69) is 15.1 Å². The Morgan fingerprint density at radius 3 is 2.80 bits per heavy atom. The lowest BCUT2D eigenvalue weighted by Crippen LogP contribution is -2.26. The van der Waals surface area contributed by atoms with Gasteiger partial charge in [0.05, 0.1) is 19.2 Å². The van der Waals surface area contributed by atoms with Crippen LogP contribution in [0.5, 0.6) is 0 Å². The number of fused-ring (bicyclic) bond motifs is 1. The first kappa shape index (κ1) is 14.5. The Balaban J connectivity index is 2.13. The maximum Gasteiger partial charge on any atom is 0.390 e. The van der Waals surface area contributed by atoms with Gasteiger partial charge in [0, 0.05) is 13.6 Å². The van der Waals surface area contributed by atoms with Crippen LogP contribution in [0.2, 0.25) is 0 Å². The van der Waals surface area contributed by atoms with Crippen LogP contribution in [0.1, 0.15) is 12.2 Å². The zero-order chi connectivity index (χ0) is 14.9. The number of rotatable bonds is 4. The Morgan fingerprint density at radius 1 is 1.45 bits per heavy atom. The number of aromatic nitrogens is 4. The van der Waals surface area contributed by atoms with Gasteiger partial charge in [-0.05, 0) is 7.05 Å². The molecule has 0 aliphatic rings. The van der Waals surface area contributed by atoms with Crippen molar-refractivity contribution in [2.45, 2.75) is 19.1 Å². The first-order valence-corrected chi connectivity index (χ1v) is 5.92. The van der Waals surface area contributed by atoms with E-state index in [9.17, 15) is 18.0 Å². The fraction of sp³-hybridized carbons (Fsp3) is 0.545. The molecule has 110 valence electrons. The van der Waals surface area contributed by atoms with Crippen molar-refractivity contribution in [3.05, 3.63) is 22.4 Å². The van der Waals surface area contributed by atoms with Crippen molar-refractivity contribution in [2.24, 2.45) is 7.05 Å². The third-order valence-electron chi connectivity index (χ3n) is 2.85. The lowest BCUT2D eigenvalue weighted by atomic mass is 10.3. The van der Waals surface area contributed by atoms with Crippen LogP contribution < -0.4 is 5.56 Å². The number of aryl methyl sites for hydroxylation is 1. The molecule has 0 saturated heterocycles. The summed E-state index contributed by atoms with van der Waals surface area (Å²) in [4.78, 5) is 20.0. The monoisotopic (exact) mass is 289 g/mol. The van der Waals surface area contributed by atoms with Gasteiger partial charge in [0.1, 0.15) is 11.2 Å². The molecule has 0 bridgehead atoms. The average Bonchev–Trinajstić information content (AvgIpc) is 2.69. The van der Waals surface area contributed by atoms with Crippen LogP contribution >= 0.6 is 0 Å². The third-order valence-corrected chi connectivity index (χ3v) is 2.85. The van der Waals surface area contributed by atoms with Crippen LogP contribution in [-0.2, 0) is 13.6 Å². The number of nitrogens with zero attached hydrogens (tertiary/aromatic N) is 4. The molecule has 0 atom stereocenters. The molecule has 2 rings (SSSR count). The fourth-order valence-corrected chi connectivity index (χ4v) is 1.81. The highest BCUT2D eigenvalue weighted by Crippen LogP contribution is 2.19. The van der Waals surface area contributed by atoms with Gasteiger partial charge < -0.3 is 4.98 Å². The molecule has 6 nitrogen and oxygen atoms in total. The molecule has 0 fully saturated rings. The molecule has 20 heavy (non-hydrogen) atoms. The predicted octanol–water partition coefficient (Wildman–Crippen LogP) is 1.04. The standard InChI is InChI=1S/C11H14F3N5O/c1-18(4-3-11(12,13)14)6-8-16-9-7(10(20)17-8)5-15-19(9)2/h5H,3-4,6H2,1-2H3,(H,16,17,20). The van der Waals surface area contributed by atoms with E-state index in [1.807, 2.05) is 0 Å². The zero-order valence-electron chi connectivity index (χ0n) is 11.0. The van der Waals surface area contributed by atoms with Crippen LogP contribution in [0.3, 0.4) is 0 Å². The molecular weight excluding hydrogens is 275 g/mol. The van der Waals surface area contributed by atoms with E-state index in [1.165, 1.54) is 15.8 Å². The highest BCUT2D eigenvalue weighted by Gasteiger charge is 2.27. The number of hydrogen-bond acceptors (Lipinski definition) is 4. The van der Waals surface area contributed by atoms with E-state index < -0.39 is 12.6 Å². The van der Waals surface area contributed by atoms with Gasteiger partial charge in [-0.3, -0.25) is 14.4 Å². The van der Waals surface area contributed by atoms with Gasteiger partial charge in [-0.2, -0.15) is 18.3 Å². The van der Waals surface area contributed by atoms with Crippen molar-refractivity contribution < 1.29 is 13.2 Å². The highest BCUT2D eigenvalue weighted by molar-refractivity contribution is 5.72. The van der Waals surface area contributed by atoms with Crippen molar-refractivity contribution in [3.63, 3.8) is 0 Å². The number of aromatic amines is 1. The summed E-state index contributed by atoms with van der Waals surface area (Å²) < 4.78 is 37.8. The van der Waals surface area contributed by atoms with E-state index in [-0.39, 0.29) is 18.6 Å². The molecule has 0 amide bonds. The molecule has 2 heterocycles. The van der Waals surface area contributed by atoms with Gasteiger partial charge in [0.2, 0.25) is 0 Å². The maximum absolute atomic E-state index is 12.1. The number of nitrogens with one attached hydrogen (secondary N) is 1. The minimum atomic E-state index is -4.19. The number of H-pyrrole nitrogens is 1. The van der Waals surface area contributed by atoms with E-state index in [1.54, 1.807) is 14.1 Å². The van der Waals surface area contributed by atoms with Gasteiger partial charge in [-0.25, -0.2) is 4.98 Å². The predicted molar refractivity (Wildman–Crippen MR) is 66.1 cm³/mol. The molecule has 0 aliphatic carbocycles. The van der Waals surface area contributed by atoms with Crippen LogP contribution in [0.25, 0.3) is 11.0 Å². The van der Waals surface area contributed by atoms with E-state index in [0.29, 0.717) is 16.9 Å². The SMILES string of the molecule is CN(CCC(F)(F)F)Cc1nc2c(cnn2C)c(=O)[nH]1. The molecule has 0 unspecified atom stereocenters. The smallest absolute Gasteiger partial charge is 0.309 e. The van der Waals surface area contributed by atoms with Gasteiger partial charge in [-0.15, -0.1) is 0 Å². The summed E-state index contributed by atoms with van der Waals surface area (Å²) in [5, 5.41) is 4.27. The van der Waals surface area contributed by atoms with Crippen LogP contribution in [-0.4, -0.2) is 44.4 Å². The van der Waals surface area contributed by atoms with Crippen molar-refractivity contribution in [1.29, 1.82) is 0 Å². The average molecular weight is 289 g/mol. The summed E-state index contributed by atoms with van der Waals surface area (Å²) in [6.07, 6.45) is -3.69. The summed E-state index contributed by atoms with van der Waals surface area (Å²) in [7, 11) is 3.19. The van der Waals surface area contributed by atoms with Crippen molar-refractivity contribution >= 4 is 11.0 Å². The largest absolute Gasteiger partial charge is 0.390 e. The minimum absolute atomic E-state index is 0.131. The molecule has 0 aliphatic heterocycles. The summed E-state index contributed by atoms with van der Waals surface area (Å²) in [5.41, 5.74) is 0.0651. The molecule has 2 aromatic heterocycles. The molecule has 9 heteroatoms. The van der Waals surface area contributed by atoms with Gasteiger partial charge >= 0.3 is 6.18 Å². The Hall–Kier alpha value is -1.90. The summed E-state index contributed by atoms with van der Waals surface area (Å²) in [6.45, 7) is -0.0247. The summed E-state index contributed by atoms with van der Waals surface area (Å²) >= 11 is 0. The lowest BCUT2D eigenvalue weighted by molar-refractivity contribution is -0.137. The molecule has 1 N–H and O–H groups in total. The fourth-order valence-electron chi connectivity index (χ4n) is 1.81. The van der Waals surface area contributed by atoms with E-state index in [4.69, 9.17) is 0 Å². The lowest BCUT2D eigenvalue weighted by Gasteiger charge is -2.16. The van der Waals surface area contributed by atoms with Crippen LogP contribution in [0.4, 0.5) is 13.2 Å². The zero-order valence-corrected chi connectivity index (χ0v) is 11.0. The maximum atomic E-state index is 12.1. The van der Waals surface area contributed by atoms with Gasteiger partial charge in [-0.1, -0.05) is 0 Å². The molecule has 0 aromatic carbocycles. The second-order valence-corrected chi connectivity index (χ2v) is 4.62. The van der Waals surface area contributed by atoms with Crippen molar-refractivity contribution in [2.75, 3.05) is 13.6 Å². The third kappa shape index (κ3) is 3.35. The normalized spacial score (nSPS) is 12.5. The quantitative estimate of drug-likeness (QED) is 0.913. The van der Waals surface area contributed by atoms with Gasteiger partial charge in [0.25, 0.3) is 5.56 Å². The Bertz CT molecular complexity index is 660. The second kappa shape index (κ2) is 5.23. The van der Waals surface area contributed by atoms with Crippen molar-refractivity contribution in [1.82, 2.24) is 24.6 Å². The highest BCUT2D eigenvalue weighted by atomic mass is 19.4. The summed E-state index contributed by atoms with van der Waals surface area (Å²) in [5.74, 6) is 0.316. The van der Waals surface area contributed by atoms with E-state index in [0.717, 1.165) is 0 Å². The molecular formula is C11H14F3N5O. The Morgan fingerprint density at radius 2 is 2.15 bits per heavy atom. The Labute approximate surface area is 112 Å². The molecule has 0 saturated carbocycles. The summed E-state index contributed by atoms with van der Waals surface area (Å²) in [6, 6.07) is 0. The van der Waals surface area contributed by atoms with Gasteiger partial charge in [0.15, 0.2) is 5.65 Å². The minimum Gasteiger partial charge on any atom is -0.309 e. The second-order valence-electron chi connectivity index (χ2n) is 4.62. The molecule has 2 aromatic rings. The first-order chi connectivity index (χ1) is 9.26. The topological polar surface area (TPSA) is 66.8 Å². The number of halogens is 3.